The normalized spacial score (nSPS) is 28.0. The summed E-state index contributed by atoms with van der Waals surface area (Å²) in [6, 6.07) is 0.698. The Bertz CT molecular complexity index is 411. The van der Waals surface area contributed by atoms with Crippen molar-refractivity contribution in [3.05, 3.63) is 16.6 Å². The van der Waals surface area contributed by atoms with Crippen LogP contribution in [-0.4, -0.2) is 41.1 Å². The van der Waals surface area contributed by atoms with Crippen molar-refractivity contribution in [3.8, 4) is 0 Å². The van der Waals surface area contributed by atoms with E-state index in [4.69, 9.17) is 0 Å². The highest BCUT2D eigenvalue weighted by molar-refractivity contribution is 7.09. The number of hydrogen-bond acceptors (Lipinski definition) is 4. The number of piperazine rings is 1. The molecule has 1 N–H and O–H groups in total. The van der Waals surface area contributed by atoms with Gasteiger partial charge in [-0.25, -0.2) is 4.98 Å². The molecular weight excluding hydrogens is 266 g/mol. The molecule has 1 saturated carbocycles. The summed E-state index contributed by atoms with van der Waals surface area (Å²) in [6.45, 7) is 8.21. The Morgan fingerprint density at radius 3 is 2.95 bits per heavy atom. The van der Waals surface area contributed by atoms with Crippen molar-refractivity contribution in [2.45, 2.75) is 63.5 Å². The largest absolute Gasteiger partial charge is 0.308 e. The van der Waals surface area contributed by atoms with Crippen molar-refractivity contribution in [1.29, 1.82) is 0 Å². The maximum absolute atomic E-state index is 4.50. The van der Waals surface area contributed by atoms with Gasteiger partial charge in [0, 0.05) is 48.7 Å². The second-order valence-corrected chi connectivity index (χ2v) is 7.56. The lowest BCUT2D eigenvalue weighted by atomic mass is 9.91. The Balaban J connectivity index is 1.67. The quantitative estimate of drug-likeness (QED) is 0.923. The van der Waals surface area contributed by atoms with Gasteiger partial charge >= 0.3 is 0 Å². The molecule has 2 unspecified atom stereocenters. The Hall–Kier alpha value is -0.450. The summed E-state index contributed by atoms with van der Waals surface area (Å²) in [4.78, 5) is 7.24. The molecule has 0 bridgehead atoms. The first-order chi connectivity index (χ1) is 9.72. The molecule has 20 heavy (non-hydrogen) atoms. The summed E-state index contributed by atoms with van der Waals surface area (Å²) in [5.41, 5.74) is 0.425. The Labute approximate surface area is 126 Å². The zero-order valence-electron chi connectivity index (χ0n) is 12.8. The van der Waals surface area contributed by atoms with Crippen LogP contribution < -0.4 is 5.32 Å². The van der Waals surface area contributed by atoms with Crippen LogP contribution in [0, 0.1) is 0 Å². The van der Waals surface area contributed by atoms with Gasteiger partial charge in [0.1, 0.15) is 0 Å². The minimum atomic E-state index is 0.425. The van der Waals surface area contributed by atoms with E-state index in [0.29, 0.717) is 17.5 Å². The first kappa shape index (κ1) is 14.5. The van der Waals surface area contributed by atoms with E-state index in [1.54, 1.807) is 11.3 Å². The fourth-order valence-corrected chi connectivity index (χ4v) is 4.64. The molecule has 2 aliphatic rings. The number of thiazole rings is 1. The van der Waals surface area contributed by atoms with Crippen LogP contribution in [0.4, 0.5) is 0 Å². The Kier molecular flexibility index (Phi) is 4.43. The SMILES string of the molecule is CCC1CNC2(CCCC2)CN1CC(C)c1nccs1. The molecule has 0 radical (unpaired) electrons. The molecule has 1 aromatic rings. The number of nitrogens with one attached hydrogen (secondary N) is 1. The predicted octanol–water partition coefficient (Wildman–Crippen LogP) is 3.24. The molecule has 3 nitrogen and oxygen atoms in total. The lowest BCUT2D eigenvalue weighted by molar-refractivity contribution is 0.0739. The fraction of sp³-hybridized carbons (Fsp3) is 0.812. The molecule has 2 fully saturated rings. The molecule has 3 rings (SSSR count). The third kappa shape index (κ3) is 2.92. The second-order valence-electron chi connectivity index (χ2n) is 6.63. The van der Waals surface area contributed by atoms with Crippen LogP contribution >= 0.6 is 11.3 Å². The van der Waals surface area contributed by atoms with Crippen LogP contribution in [0.3, 0.4) is 0 Å². The van der Waals surface area contributed by atoms with Crippen molar-refractivity contribution in [1.82, 2.24) is 15.2 Å². The van der Waals surface area contributed by atoms with Crippen molar-refractivity contribution in [2.75, 3.05) is 19.6 Å². The van der Waals surface area contributed by atoms with Crippen molar-refractivity contribution in [3.63, 3.8) is 0 Å². The number of aromatic nitrogens is 1. The van der Waals surface area contributed by atoms with Crippen LogP contribution in [0.25, 0.3) is 0 Å². The fourth-order valence-electron chi connectivity index (χ4n) is 3.95. The molecule has 0 aromatic carbocycles. The van der Waals surface area contributed by atoms with Crippen LogP contribution in [0.2, 0.25) is 0 Å². The van der Waals surface area contributed by atoms with E-state index in [9.17, 15) is 0 Å². The van der Waals surface area contributed by atoms with Crippen molar-refractivity contribution < 1.29 is 0 Å². The molecule has 2 heterocycles. The van der Waals surface area contributed by atoms with E-state index < -0.39 is 0 Å². The van der Waals surface area contributed by atoms with Gasteiger partial charge in [0.2, 0.25) is 0 Å². The topological polar surface area (TPSA) is 28.2 Å². The van der Waals surface area contributed by atoms with Crippen LogP contribution in [0.1, 0.15) is 56.9 Å². The monoisotopic (exact) mass is 293 g/mol. The number of hydrogen-bond donors (Lipinski definition) is 1. The summed E-state index contributed by atoms with van der Waals surface area (Å²) >= 11 is 1.80. The molecular formula is C16H27N3S. The number of nitrogens with zero attached hydrogens (tertiary/aromatic N) is 2. The Morgan fingerprint density at radius 2 is 2.30 bits per heavy atom. The molecule has 2 atom stereocenters. The lowest BCUT2D eigenvalue weighted by Crippen LogP contribution is -2.63. The molecule has 1 saturated heterocycles. The van der Waals surface area contributed by atoms with E-state index in [2.05, 4.69) is 34.4 Å². The van der Waals surface area contributed by atoms with Gasteiger partial charge < -0.3 is 5.32 Å². The van der Waals surface area contributed by atoms with Gasteiger partial charge in [-0.2, -0.15) is 0 Å². The average molecular weight is 293 g/mol. The van der Waals surface area contributed by atoms with Crippen LogP contribution in [-0.2, 0) is 0 Å². The highest BCUT2D eigenvalue weighted by atomic mass is 32.1. The average Bonchev–Trinajstić information content (AvgIpc) is 3.11. The summed E-state index contributed by atoms with van der Waals surface area (Å²) in [5, 5.41) is 7.27. The van der Waals surface area contributed by atoms with E-state index in [-0.39, 0.29) is 0 Å². The Morgan fingerprint density at radius 1 is 1.50 bits per heavy atom. The van der Waals surface area contributed by atoms with E-state index >= 15 is 0 Å². The molecule has 1 spiro atoms. The third-order valence-corrected chi connectivity index (χ3v) is 6.16. The van der Waals surface area contributed by atoms with Crippen molar-refractivity contribution >= 4 is 11.3 Å². The summed E-state index contributed by atoms with van der Waals surface area (Å²) < 4.78 is 0. The van der Waals surface area contributed by atoms with Gasteiger partial charge in [-0.05, 0) is 19.3 Å². The third-order valence-electron chi connectivity index (χ3n) is 5.15. The maximum Gasteiger partial charge on any atom is 0.0965 e. The maximum atomic E-state index is 4.50. The zero-order chi connectivity index (χ0) is 14.0. The standard InChI is InChI=1S/C16H27N3S/c1-3-14-10-18-16(6-4-5-7-16)12-19(14)11-13(2)15-17-8-9-20-15/h8-9,13-14,18H,3-7,10-12H2,1-2H3. The number of rotatable bonds is 4. The smallest absolute Gasteiger partial charge is 0.0965 e. The first-order valence-electron chi connectivity index (χ1n) is 8.11. The predicted molar refractivity (Wildman–Crippen MR) is 85.4 cm³/mol. The highest BCUT2D eigenvalue weighted by Gasteiger charge is 2.40. The minimum Gasteiger partial charge on any atom is -0.308 e. The molecule has 4 heteroatoms. The van der Waals surface area contributed by atoms with Gasteiger partial charge in [0.05, 0.1) is 5.01 Å². The first-order valence-corrected chi connectivity index (χ1v) is 8.99. The summed E-state index contributed by atoms with van der Waals surface area (Å²) in [7, 11) is 0. The van der Waals surface area contributed by atoms with Gasteiger partial charge in [-0.3, -0.25) is 4.90 Å². The van der Waals surface area contributed by atoms with E-state index in [0.717, 1.165) is 6.54 Å². The molecule has 112 valence electrons. The minimum absolute atomic E-state index is 0.425. The molecule has 1 aliphatic heterocycles. The summed E-state index contributed by atoms with van der Waals surface area (Å²) in [6.07, 6.45) is 8.72. The molecule has 0 amide bonds. The second kappa shape index (κ2) is 6.12. The highest BCUT2D eigenvalue weighted by Crippen LogP contribution is 2.34. The zero-order valence-corrected chi connectivity index (χ0v) is 13.6. The van der Waals surface area contributed by atoms with E-state index in [1.165, 1.54) is 50.2 Å². The van der Waals surface area contributed by atoms with Crippen molar-refractivity contribution in [2.24, 2.45) is 0 Å². The summed E-state index contributed by atoms with van der Waals surface area (Å²) in [5.74, 6) is 0.556. The van der Waals surface area contributed by atoms with Crippen LogP contribution in [0.5, 0.6) is 0 Å². The van der Waals surface area contributed by atoms with E-state index in [1.807, 2.05) is 6.20 Å². The van der Waals surface area contributed by atoms with Crippen LogP contribution in [0.15, 0.2) is 11.6 Å². The van der Waals surface area contributed by atoms with Gasteiger partial charge in [-0.15, -0.1) is 11.3 Å². The molecule has 1 aromatic heterocycles. The van der Waals surface area contributed by atoms with Gasteiger partial charge in [0.25, 0.3) is 0 Å². The van der Waals surface area contributed by atoms with Gasteiger partial charge in [0.15, 0.2) is 0 Å². The molecule has 1 aliphatic carbocycles. The lowest BCUT2D eigenvalue weighted by Gasteiger charge is -2.47. The van der Waals surface area contributed by atoms with Gasteiger partial charge in [-0.1, -0.05) is 26.7 Å².